The second kappa shape index (κ2) is 7.85. The summed E-state index contributed by atoms with van der Waals surface area (Å²) < 4.78 is 5.56. The van der Waals surface area contributed by atoms with Gasteiger partial charge in [0.15, 0.2) is 0 Å². The number of hydrogen-bond donors (Lipinski definition) is 1. The lowest BCUT2D eigenvalue weighted by Gasteiger charge is -2.24. The van der Waals surface area contributed by atoms with Gasteiger partial charge in [-0.2, -0.15) is 0 Å². The number of amides is 1. The summed E-state index contributed by atoms with van der Waals surface area (Å²) in [5, 5.41) is 0. The van der Waals surface area contributed by atoms with Crippen LogP contribution in [-0.2, 0) is 0 Å². The molecule has 0 saturated carbocycles. The monoisotopic (exact) mass is 294 g/mol. The van der Waals surface area contributed by atoms with Crippen LogP contribution in [0, 0.1) is 0 Å². The molecular formula is C15H22N2O2S. The van der Waals surface area contributed by atoms with Crippen molar-refractivity contribution in [3.8, 4) is 5.75 Å². The Kier molecular flexibility index (Phi) is 6.45. The van der Waals surface area contributed by atoms with E-state index in [2.05, 4.69) is 6.92 Å². The minimum absolute atomic E-state index is 0.106. The smallest absolute Gasteiger partial charge is 0.254 e. The van der Waals surface area contributed by atoms with E-state index < -0.39 is 0 Å². The molecule has 1 amide bonds. The Hall–Kier alpha value is -1.62. The first-order valence-electron chi connectivity index (χ1n) is 6.76. The number of thiocarbonyl (C=S) groups is 1. The SMILES string of the molecule is CCCCOc1ccc(C(=O)N(C)C(C)C(N)=S)cc1. The minimum atomic E-state index is -0.266. The average Bonchev–Trinajstić information content (AvgIpc) is 2.46. The number of unbranched alkanes of at least 4 members (excludes halogenated alkanes) is 1. The number of rotatable bonds is 7. The van der Waals surface area contributed by atoms with Gasteiger partial charge in [0, 0.05) is 12.6 Å². The van der Waals surface area contributed by atoms with Crippen molar-refractivity contribution in [1.29, 1.82) is 0 Å². The molecule has 0 aliphatic carbocycles. The van der Waals surface area contributed by atoms with E-state index in [1.54, 1.807) is 19.2 Å². The summed E-state index contributed by atoms with van der Waals surface area (Å²) in [4.78, 5) is 14.1. The first-order chi connectivity index (χ1) is 9.47. The van der Waals surface area contributed by atoms with E-state index in [1.165, 1.54) is 4.90 Å². The predicted octanol–water partition coefficient (Wildman–Crippen LogP) is 2.61. The van der Waals surface area contributed by atoms with Crippen molar-refractivity contribution in [2.45, 2.75) is 32.7 Å². The van der Waals surface area contributed by atoms with E-state index in [-0.39, 0.29) is 11.9 Å². The lowest BCUT2D eigenvalue weighted by atomic mass is 10.1. The van der Waals surface area contributed by atoms with E-state index >= 15 is 0 Å². The molecular weight excluding hydrogens is 272 g/mol. The molecule has 0 aliphatic rings. The molecule has 2 N–H and O–H groups in total. The molecule has 0 aliphatic heterocycles. The highest BCUT2D eigenvalue weighted by Crippen LogP contribution is 2.14. The van der Waals surface area contributed by atoms with Crippen LogP contribution in [0.1, 0.15) is 37.0 Å². The molecule has 0 radical (unpaired) electrons. The zero-order valence-electron chi connectivity index (χ0n) is 12.3. The molecule has 20 heavy (non-hydrogen) atoms. The third-order valence-corrected chi connectivity index (χ3v) is 3.52. The number of benzene rings is 1. The summed E-state index contributed by atoms with van der Waals surface area (Å²) in [7, 11) is 1.69. The average molecular weight is 294 g/mol. The molecule has 1 unspecified atom stereocenters. The van der Waals surface area contributed by atoms with Gasteiger partial charge >= 0.3 is 0 Å². The fourth-order valence-electron chi connectivity index (χ4n) is 1.60. The summed E-state index contributed by atoms with van der Waals surface area (Å²) in [5.74, 6) is 0.672. The molecule has 0 bridgehead atoms. The second-order valence-corrected chi connectivity index (χ2v) is 5.19. The van der Waals surface area contributed by atoms with Crippen LogP contribution in [0.25, 0.3) is 0 Å². The Labute approximate surface area is 125 Å². The molecule has 0 spiro atoms. The van der Waals surface area contributed by atoms with Crippen molar-refractivity contribution >= 4 is 23.1 Å². The number of nitrogens with zero attached hydrogens (tertiary/aromatic N) is 1. The van der Waals surface area contributed by atoms with Crippen LogP contribution in [0.4, 0.5) is 0 Å². The minimum Gasteiger partial charge on any atom is -0.494 e. The quantitative estimate of drug-likeness (QED) is 0.620. The topological polar surface area (TPSA) is 55.6 Å². The highest BCUT2D eigenvalue weighted by molar-refractivity contribution is 7.80. The number of carbonyl (C=O) groups excluding carboxylic acids is 1. The van der Waals surface area contributed by atoms with Crippen LogP contribution in [0.5, 0.6) is 5.75 Å². The maximum absolute atomic E-state index is 12.2. The number of nitrogens with two attached hydrogens (primary N) is 1. The van der Waals surface area contributed by atoms with Gasteiger partial charge in [-0.25, -0.2) is 0 Å². The van der Waals surface area contributed by atoms with Crippen molar-refractivity contribution in [3.63, 3.8) is 0 Å². The van der Waals surface area contributed by atoms with E-state index in [0.29, 0.717) is 17.2 Å². The molecule has 1 aromatic rings. The van der Waals surface area contributed by atoms with Gasteiger partial charge in [0.25, 0.3) is 5.91 Å². The van der Waals surface area contributed by atoms with Gasteiger partial charge < -0.3 is 15.4 Å². The molecule has 0 saturated heterocycles. The molecule has 1 atom stereocenters. The van der Waals surface area contributed by atoms with Crippen LogP contribution in [-0.4, -0.2) is 35.5 Å². The maximum Gasteiger partial charge on any atom is 0.254 e. The van der Waals surface area contributed by atoms with Crippen molar-refractivity contribution < 1.29 is 9.53 Å². The van der Waals surface area contributed by atoms with Crippen LogP contribution < -0.4 is 10.5 Å². The van der Waals surface area contributed by atoms with E-state index in [1.807, 2.05) is 19.1 Å². The fraction of sp³-hybridized carbons (Fsp3) is 0.467. The van der Waals surface area contributed by atoms with Gasteiger partial charge in [-0.1, -0.05) is 25.6 Å². The van der Waals surface area contributed by atoms with Gasteiger partial charge in [-0.15, -0.1) is 0 Å². The van der Waals surface area contributed by atoms with Gasteiger partial charge in [-0.05, 0) is 37.6 Å². The molecule has 1 aromatic carbocycles. The summed E-state index contributed by atoms with van der Waals surface area (Å²) in [6.07, 6.45) is 2.12. The molecule has 110 valence electrons. The van der Waals surface area contributed by atoms with Crippen LogP contribution in [0.2, 0.25) is 0 Å². The van der Waals surface area contributed by atoms with Crippen LogP contribution >= 0.6 is 12.2 Å². The first-order valence-corrected chi connectivity index (χ1v) is 7.17. The third kappa shape index (κ3) is 4.49. The Morgan fingerprint density at radius 2 is 2.00 bits per heavy atom. The highest BCUT2D eigenvalue weighted by atomic mass is 32.1. The van der Waals surface area contributed by atoms with Crippen LogP contribution in [0.3, 0.4) is 0 Å². The van der Waals surface area contributed by atoms with E-state index in [4.69, 9.17) is 22.7 Å². The Morgan fingerprint density at radius 1 is 1.40 bits per heavy atom. The van der Waals surface area contributed by atoms with Gasteiger partial charge in [0.05, 0.1) is 17.6 Å². The third-order valence-electron chi connectivity index (χ3n) is 3.18. The first kappa shape index (κ1) is 16.4. The standard InChI is InChI=1S/C15H22N2O2S/c1-4-5-10-19-13-8-6-12(7-9-13)15(18)17(3)11(2)14(16)20/h6-9,11H,4-5,10H2,1-3H3,(H2,16,20). The van der Waals surface area contributed by atoms with Crippen LogP contribution in [0.15, 0.2) is 24.3 Å². The molecule has 1 rings (SSSR count). The Morgan fingerprint density at radius 3 is 2.50 bits per heavy atom. The lowest BCUT2D eigenvalue weighted by molar-refractivity contribution is 0.0779. The normalized spacial score (nSPS) is 11.8. The second-order valence-electron chi connectivity index (χ2n) is 4.72. The summed E-state index contributed by atoms with van der Waals surface area (Å²) in [6, 6.07) is 6.86. The number of carbonyl (C=O) groups is 1. The maximum atomic E-state index is 12.2. The van der Waals surface area contributed by atoms with Gasteiger partial charge in [0.2, 0.25) is 0 Å². The summed E-state index contributed by atoms with van der Waals surface area (Å²) in [6.45, 7) is 4.62. The van der Waals surface area contributed by atoms with Crippen molar-refractivity contribution in [2.75, 3.05) is 13.7 Å². The molecule has 5 heteroatoms. The lowest BCUT2D eigenvalue weighted by Crippen LogP contribution is -2.42. The predicted molar refractivity (Wildman–Crippen MR) is 85.2 cm³/mol. The molecule has 4 nitrogen and oxygen atoms in total. The fourth-order valence-corrected chi connectivity index (χ4v) is 1.76. The Bertz CT molecular complexity index is 459. The molecule has 0 heterocycles. The summed E-state index contributed by atoms with van der Waals surface area (Å²) in [5.41, 5.74) is 6.16. The van der Waals surface area contributed by atoms with Crippen molar-refractivity contribution in [3.05, 3.63) is 29.8 Å². The van der Waals surface area contributed by atoms with Crippen molar-refractivity contribution in [1.82, 2.24) is 4.90 Å². The van der Waals surface area contributed by atoms with E-state index in [9.17, 15) is 4.79 Å². The van der Waals surface area contributed by atoms with Crippen molar-refractivity contribution in [2.24, 2.45) is 5.73 Å². The summed E-state index contributed by atoms with van der Waals surface area (Å²) >= 11 is 4.91. The number of hydrogen-bond acceptors (Lipinski definition) is 3. The Balaban J connectivity index is 2.68. The zero-order chi connectivity index (χ0) is 15.1. The highest BCUT2D eigenvalue weighted by Gasteiger charge is 2.19. The molecule has 0 aromatic heterocycles. The van der Waals surface area contributed by atoms with Gasteiger partial charge in [0.1, 0.15) is 5.75 Å². The number of likely N-dealkylation sites (N-methyl/N-ethyl adjacent to an activating group) is 1. The largest absolute Gasteiger partial charge is 0.494 e. The zero-order valence-corrected chi connectivity index (χ0v) is 13.1. The van der Waals surface area contributed by atoms with Gasteiger partial charge in [-0.3, -0.25) is 4.79 Å². The van der Waals surface area contributed by atoms with E-state index in [0.717, 1.165) is 18.6 Å². The number of ether oxygens (including phenoxy) is 1. The molecule has 0 fully saturated rings.